The maximum Gasteiger partial charge on any atom is 0.191 e. The summed E-state index contributed by atoms with van der Waals surface area (Å²) in [4.78, 5) is 4.18. The molecule has 2 atom stereocenters. The topological polar surface area (TPSA) is 36.4 Å². The summed E-state index contributed by atoms with van der Waals surface area (Å²) in [6, 6.07) is 4.42. The van der Waals surface area contributed by atoms with Gasteiger partial charge in [-0.2, -0.15) is 0 Å². The summed E-state index contributed by atoms with van der Waals surface area (Å²) in [7, 11) is 1.71. The number of benzene rings is 1. The number of nitrogens with zero attached hydrogens (tertiary/aromatic N) is 1. The molecule has 0 amide bonds. The molecule has 120 valence electrons. The summed E-state index contributed by atoms with van der Waals surface area (Å²) in [5.74, 6) is -0.348. The Kier molecular flexibility index (Phi) is 5.77. The average molecular weight is 419 g/mol. The highest BCUT2D eigenvalue weighted by molar-refractivity contribution is 14.0. The highest BCUT2D eigenvalue weighted by Crippen LogP contribution is 2.43. The monoisotopic (exact) mass is 419 g/mol. The van der Waals surface area contributed by atoms with Crippen LogP contribution in [0.25, 0.3) is 0 Å². The Bertz CT molecular complexity index is 561. The molecule has 0 heterocycles. The summed E-state index contributed by atoms with van der Waals surface area (Å²) in [6.45, 7) is 0. The molecule has 0 bridgehead atoms. The van der Waals surface area contributed by atoms with Crippen LogP contribution in [0.1, 0.15) is 30.7 Å². The van der Waals surface area contributed by atoms with Crippen molar-refractivity contribution in [3.63, 3.8) is 0 Å². The van der Waals surface area contributed by atoms with E-state index < -0.39 is 11.6 Å². The lowest BCUT2D eigenvalue weighted by Gasteiger charge is -2.17. The van der Waals surface area contributed by atoms with Gasteiger partial charge in [-0.3, -0.25) is 4.99 Å². The molecule has 0 radical (unpaired) electrons. The zero-order valence-corrected chi connectivity index (χ0v) is 14.7. The molecule has 6 heteroatoms. The molecule has 3 rings (SSSR count). The summed E-state index contributed by atoms with van der Waals surface area (Å²) in [5, 5.41) is 6.58. The number of aliphatic imine (C=N–C) groups is 1. The molecule has 2 aliphatic carbocycles. The van der Waals surface area contributed by atoms with Gasteiger partial charge >= 0.3 is 0 Å². The van der Waals surface area contributed by atoms with Gasteiger partial charge in [-0.05, 0) is 31.4 Å². The minimum absolute atomic E-state index is 0. The third-order valence-electron chi connectivity index (χ3n) is 4.06. The third kappa shape index (κ3) is 3.77. The Balaban J connectivity index is 0.00000176. The molecule has 0 aromatic heterocycles. The predicted molar refractivity (Wildman–Crippen MR) is 94.7 cm³/mol. The van der Waals surface area contributed by atoms with Crippen LogP contribution in [0.3, 0.4) is 0 Å². The van der Waals surface area contributed by atoms with E-state index in [0.717, 1.165) is 19.3 Å². The van der Waals surface area contributed by atoms with Crippen molar-refractivity contribution in [2.24, 2.45) is 4.99 Å². The minimum Gasteiger partial charge on any atom is -0.353 e. The van der Waals surface area contributed by atoms with Crippen molar-refractivity contribution in [2.75, 3.05) is 7.05 Å². The molecule has 0 saturated heterocycles. The Morgan fingerprint density at radius 1 is 1.14 bits per heavy atom. The van der Waals surface area contributed by atoms with Crippen molar-refractivity contribution in [2.45, 2.75) is 37.3 Å². The van der Waals surface area contributed by atoms with E-state index in [2.05, 4.69) is 27.8 Å². The van der Waals surface area contributed by atoms with Gasteiger partial charge in [-0.15, -0.1) is 24.0 Å². The SMILES string of the molecule is CN=C(NC1CC=CC1)NC1CC1c1c(F)cccc1F.I. The van der Waals surface area contributed by atoms with Crippen molar-refractivity contribution >= 4 is 29.9 Å². The molecular weight excluding hydrogens is 399 g/mol. The molecule has 1 fully saturated rings. The molecule has 0 spiro atoms. The molecule has 2 aliphatic rings. The fourth-order valence-electron chi connectivity index (χ4n) is 2.81. The van der Waals surface area contributed by atoms with Crippen molar-refractivity contribution in [3.05, 3.63) is 47.5 Å². The van der Waals surface area contributed by atoms with E-state index in [4.69, 9.17) is 0 Å². The minimum atomic E-state index is -0.466. The summed E-state index contributed by atoms with van der Waals surface area (Å²) in [6.07, 6.45) is 6.97. The smallest absolute Gasteiger partial charge is 0.191 e. The number of guanidine groups is 1. The molecule has 3 nitrogen and oxygen atoms in total. The van der Waals surface area contributed by atoms with Crippen molar-refractivity contribution in [1.82, 2.24) is 10.6 Å². The van der Waals surface area contributed by atoms with E-state index >= 15 is 0 Å². The number of hydrogen-bond donors (Lipinski definition) is 2. The average Bonchev–Trinajstić information content (AvgIpc) is 2.99. The van der Waals surface area contributed by atoms with Crippen molar-refractivity contribution < 1.29 is 8.78 Å². The van der Waals surface area contributed by atoms with E-state index in [-0.39, 0.29) is 41.5 Å². The van der Waals surface area contributed by atoms with Gasteiger partial charge in [0.15, 0.2) is 5.96 Å². The van der Waals surface area contributed by atoms with Gasteiger partial charge in [0.2, 0.25) is 0 Å². The molecule has 1 saturated carbocycles. The maximum absolute atomic E-state index is 13.7. The van der Waals surface area contributed by atoms with Crippen LogP contribution >= 0.6 is 24.0 Å². The second-order valence-corrected chi connectivity index (χ2v) is 5.58. The highest BCUT2D eigenvalue weighted by atomic mass is 127. The van der Waals surface area contributed by atoms with Crippen LogP contribution in [0.15, 0.2) is 35.3 Å². The summed E-state index contributed by atoms with van der Waals surface area (Å²) < 4.78 is 27.5. The van der Waals surface area contributed by atoms with Crippen LogP contribution in [-0.2, 0) is 0 Å². The van der Waals surface area contributed by atoms with Crippen LogP contribution in [-0.4, -0.2) is 25.1 Å². The van der Waals surface area contributed by atoms with Crippen LogP contribution in [0.5, 0.6) is 0 Å². The molecular formula is C16H20F2IN3. The van der Waals surface area contributed by atoms with E-state index in [0.29, 0.717) is 12.0 Å². The second-order valence-electron chi connectivity index (χ2n) is 5.58. The highest BCUT2D eigenvalue weighted by Gasteiger charge is 2.42. The second kappa shape index (κ2) is 7.39. The maximum atomic E-state index is 13.7. The van der Waals surface area contributed by atoms with Gasteiger partial charge in [0.05, 0.1) is 0 Å². The summed E-state index contributed by atoms with van der Waals surface area (Å²) in [5.41, 5.74) is 0.188. The Labute approximate surface area is 146 Å². The predicted octanol–water partition coefficient (Wildman–Crippen LogP) is 3.32. The Hall–Kier alpha value is -1.18. The summed E-state index contributed by atoms with van der Waals surface area (Å²) >= 11 is 0. The van der Waals surface area contributed by atoms with Crippen LogP contribution in [0.4, 0.5) is 8.78 Å². The Morgan fingerprint density at radius 2 is 1.77 bits per heavy atom. The quantitative estimate of drug-likeness (QED) is 0.342. The first-order chi connectivity index (χ1) is 10.2. The van der Waals surface area contributed by atoms with Crippen LogP contribution < -0.4 is 10.6 Å². The van der Waals surface area contributed by atoms with E-state index in [1.165, 1.54) is 18.2 Å². The van der Waals surface area contributed by atoms with E-state index in [1.54, 1.807) is 7.05 Å². The van der Waals surface area contributed by atoms with Gasteiger partial charge in [0, 0.05) is 30.6 Å². The van der Waals surface area contributed by atoms with Gasteiger partial charge in [0.1, 0.15) is 11.6 Å². The first-order valence-electron chi connectivity index (χ1n) is 7.27. The lowest BCUT2D eigenvalue weighted by atomic mass is 10.1. The van der Waals surface area contributed by atoms with E-state index in [1.807, 2.05) is 0 Å². The van der Waals surface area contributed by atoms with Gasteiger partial charge in [-0.25, -0.2) is 8.78 Å². The molecule has 2 N–H and O–H groups in total. The molecule has 22 heavy (non-hydrogen) atoms. The van der Waals surface area contributed by atoms with Crippen LogP contribution in [0.2, 0.25) is 0 Å². The zero-order valence-electron chi connectivity index (χ0n) is 12.4. The van der Waals surface area contributed by atoms with E-state index in [9.17, 15) is 8.78 Å². The number of halogens is 3. The van der Waals surface area contributed by atoms with Crippen LogP contribution in [0, 0.1) is 11.6 Å². The lowest BCUT2D eigenvalue weighted by molar-refractivity contribution is 0.553. The standard InChI is InChI=1S/C16H19F2N3.HI/c1-19-16(20-10-5-2-3-6-10)21-14-9-11(14)15-12(17)7-4-8-13(15)18;/h2-4,7-8,10-11,14H,5-6,9H2,1H3,(H2,19,20,21);1H. The lowest BCUT2D eigenvalue weighted by Crippen LogP contribution is -2.43. The number of nitrogens with one attached hydrogen (secondary N) is 2. The molecule has 0 aliphatic heterocycles. The molecule has 2 unspecified atom stereocenters. The first-order valence-corrected chi connectivity index (χ1v) is 7.27. The number of rotatable bonds is 3. The fraction of sp³-hybridized carbons (Fsp3) is 0.438. The third-order valence-corrected chi connectivity index (χ3v) is 4.06. The van der Waals surface area contributed by atoms with Crippen molar-refractivity contribution in [3.8, 4) is 0 Å². The number of hydrogen-bond acceptors (Lipinski definition) is 1. The zero-order chi connectivity index (χ0) is 14.8. The fourth-order valence-corrected chi connectivity index (χ4v) is 2.81. The normalized spacial score (nSPS) is 24.0. The van der Waals surface area contributed by atoms with Gasteiger partial charge in [0.25, 0.3) is 0 Å². The Morgan fingerprint density at radius 3 is 2.36 bits per heavy atom. The molecule has 1 aromatic carbocycles. The van der Waals surface area contributed by atoms with Gasteiger partial charge < -0.3 is 10.6 Å². The first kappa shape index (κ1) is 17.2. The van der Waals surface area contributed by atoms with Crippen molar-refractivity contribution in [1.29, 1.82) is 0 Å². The van der Waals surface area contributed by atoms with Gasteiger partial charge in [-0.1, -0.05) is 18.2 Å². The largest absolute Gasteiger partial charge is 0.353 e. The molecule has 1 aromatic rings.